The number of nitrogens with zero attached hydrogens (tertiary/aromatic N) is 1. The van der Waals surface area contributed by atoms with Gasteiger partial charge in [0, 0.05) is 39.5 Å². The number of unbranched alkanes of at least 4 members (excludes halogenated alkanes) is 4. The summed E-state index contributed by atoms with van der Waals surface area (Å²) in [5.41, 5.74) is 0. The van der Waals surface area contributed by atoms with Gasteiger partial charge in [-0.25, -0.2) is 0 Å². The third-order valence-electron chi connectivity index (χ3n) is 8.66. The van der Waals surface area contributed by atoms with Gasteiger partial charge in [-0.2, -0.15) is 0 Å². The second-order valence-electron chi connectivity index (χ2n) is 12.7. The zero-order valence-corrected chi connectivity index (χ0v) is 27.8. The van der Waals surface area contributed by atoms with Gasteiger partial charge in [0.05, 0.1) is 44.2 Å². The molecule has 0 aromatic rings. The monoisotopic (exact) mass is 657 g/mol. The molecule has 46 heavy (non-hydrogen) atoms. The summed E-state index contributed by atoms with van der Waals surface area (Å²) in [6.07, 6.45) is 7.37. The lowest BCUT2D eigenvalue weighted by Gasteiger charge is -2.30. The molecule has 2 aliphatic rings. The minimum Gasteiger partial charge on any atom is -0.394 e. The van der Waals surface area contributed by atoms with E-state index in [1.54, 1.807) is 4.90 Å². The number of allylic oxidation sites excluding steroid dienone is 1. The fourth-order valence-corrected chi connectivity index (χ4v) is 5.94. The molecule has 266 valence electrons. The van der Waals surface area contributed by atoms with Crippen LogP contribution < -0.4 is 10.6 Å². The van der Waals surface area contributed by atoms with Crippen molar-refractivity contribution in [1.29, 1.82) is 0 Å². The first-order valence-electron chi connectivity index (χ1n) is 17.0. The van der Waals surface area contributed by atoms with Crippen molar-refractivity contribution < 1.29 is 49.0 Å². The van der Waals surface area contributed by atoms with Crippen LogP contribution in [0, 0.1) is 5.92 Å². The number of carbonyl (C=O) groups excluding carboxylic acids is 3. The van der Waals surface area contributed by atoms with Crippen molar-refractivity contribution in [2.75, 3.05) is 39.5 Å². The number of aliphatic hydroxyl groups excluding tert-OH is 4. The number of amides is 3. The molecule has 1 heterocycles. The summed E-state index contributed by atoms with van der Waals surface area (Å²) in [6, 6.07) is -0.952. The average molecular weight is 658 g/mol. The number of nitrogens with one attached hydrogen (secondary N) is 2. The van der Waals surface area contributed by atoms with E-state index in [0.717, 1.165) is 38.5 Å². The van der Waals surface area contributed by atoms with Crippen LogP contribution in [0.5, 0.6) is 0 Å². The van der Waals surface area contributed by atoms with Gasteiger partial charge in [-0.05, 0) is 64.2 Å². The SMILES string of the molecule is C=CC1CCC(OC[C@@H]2C[C@@H](O)CN2C(=O)CCCCCNC(=O)CCCCCOC(OC(CO)[C@@H](C)O)[C@H](CO)NC(C)=O)C1. The highest BCUT2D eigenvalue weighted by molar-refractivity contribution is 5.77. The molecular weight excluding hydrogens is 598 g/mol. The number of ether oxygens (including phenoxy) is 3. The van der Waals surface area contributed by atoms with Gasteiger partial charge in [-0.15, -0.1) is 6.58 Å². The van der Waals surface area contributed by atoms with Crippen LogP contribution in [0.15, 0.2) is 12.7 Å². The highest BCUT2D eigenvalue weighted by Crippen LogP contribution is 2.29. The maximum atomic E-state index is 12.9. The van der Waals surface area contributed by atoms with Gasteiger partial charge in [0.2, 0.25) is 17.7 Å². The molecule has 0 spiro atoms. The van der Waals surface area contributed by atoms with E-state index in [-0.39, 0.29) is 36.5 Å². The standard InChI is InChI=1S/C33H59N3O10/c1-4-25-13-14-28(17-25)45-22-26-18-27(41)19-36(26)32(43)12-8-5-9-15-34-31(42)11-7-6-10-16-44-33(29(20-37)35-24(3)40)46-30(21-38)23(2)39/h4,23,25-30,33,37-39,41H,1,5-22H2,2-3H3,(H,34,42)(H,35,40)/t23-,25?,26+,27-,28?,29+,30?,33?/m1/s1. The van der Waals surface area contributed by atoms with E-state index in [2.05, 4.69) is 17.2 Å². The van der Waals surface area contributed by atoms with Crippen LogP contribution in [0.2, 0.25) is 0 Å². The fourth-order valence-electron chi connectivity index (χ4n) is 5.94. The van der Waals surface area contributed by atoms with Crippen molar-refractivity contribution in [3.8, 4) is 0 Å². The summed E-state index contributed by atoms with van der Waals surface area (Å²) >= 11 is 0. The Morgan fingerprint density at radius 2 is 1.76 bits per heavy atom. The number of rotatable bonds is 24. The number of hydrogen-bond acceptors (Lipinski definition) is 10. The normalized spacial score (nSPS) is 23.9. The van der Waals surface area contributed by atoms with Crippen molar-refractivity contribution in [1.82, 2.24) is 15.5 Å². The Hall–Kier alpha value is -2.13. The second kappa shape index (κ2) is 22.4. The number of aliphatic hydroxyl groups is 4. The van der Waals surface area contributed by atoms with Gasteiger partial charge in [0.15, 0.2) is 6.29 Å². The van der Waals surface area contributed by atoms with Gasteiger partial charge in [-0.1, -0.05) is 18.9 Å². The lowest BCUT2D eigenvalue weighted by atomic mass is 10.1. The van der Waals surface area contributed by atoms with E-state index in [1.807, 2.05) is 6.08 Å². The minimum absolute atomic E-state index is 0.0394. The summed E-state index contributed by atoms with van der Waals surface area (Å²) in [5, 5.41) is 44.5. The molecular formula is C33H59N3O10. The molecule has 0 aromatic heterocycles. The lowest BCUT2D eigenvalue weighted by Crippen LogP contribution is -2.50. The van der Waals surface area contributed by atoms with Crippen LogP contribution in [0.3, 0.4) is 0 Å². The van der Waals surface area contributed by atoms with Crippen LogP contribution in [0.1, 0.15) is 90.9 Å². The van der Waals surface area contributed by atoms with E-state index in [1.165, 1.54) is 13.8 Å². The number of likely N-dealkylation sites (tertiary alicyclic amines) is 1. The first-order valence-corrected chi connectivity index (χ1v) is 17.0. The summed E-state index contributed by atoms with van der Waals surface area (Å²) in [7, 11) is 0. The molecule has 8 atom stereocenters. The van der Waals surface area contributed by atoms with Crippen LogP contribution in [-0.2, 0) is 28.6 Å². The minimum atomic E-state index is -1.07. The predicted octanol–water partition coefficient (Wildman–Crippen LogP) is 1.15. The summed E-state index contributed by atoms with van der Waals surface area (Å²) in [5.74, 6) is 0.127. The highest BCUT2D eigenvalue weighted by Gasteiger charge is 2.35. The van der Waals surface area contributed by atoms with Crippen LogP contribution in [0.4, 0.5) is 0 Å². The molecule has 1 aliphatic heterocycles. The van der Waals surface area contributed by atoms with Crippen molar-refractivity contribution in [3.05, 3.63) is 12.7 Å². The topological polar surface area (TPSA) is 187 Å². The van der Waals surface area contributed by atoms with Gasteiger partial charge in [-0.3, -0.25) is 14.4 Å². The Morgan fingerprint density at radius 3 is 2.41 bits per heavy atom. The van der Waals surface area contributed by atoms with Gasteiger partial charge in [0.25, 0.3) is 0 Å². The largest absolute Gasteiger partial charge is 0.394 e. The third-order valence-corrected chi connectivity index (χ3v) is 8.66. The lowest BCUT2D eigenvalue weighted by molar-refractivity contribution is -0.214. The zero-order chi connectivity index (χ0) is 33.9. The molecule has 13 heteroatoms. The first kappa shape index (κ1) is 40.0. The molecule has 1 aliphatic carbocycles. The van der Waals surface area contributed by atoms with Crippen molar-refractivity contribution in [3.63, 3.8) is 0 Å². The van der Waals surface area contributed by atoms with E-state index < -0.39 is 43.9 Å². The Morgan fingerprint density at radius 1 is 1.02 bits per heavy atom. The molecule has 1 saturated carbocycles. The molecule has 1 saturated heterocycles. The molecule has 0 aromatic carbocycles. The number of carbonyl (C=O) groups is 3. The molecule has 0 radical (unpaired) electrons. The Bertz CT molecular complexity index is 907. The molecule has 6 N–H and O–H groups in total. The number of hydrogen-bond donors (Lipinski definition) is 6. The Balaban J connectivity index is 1.56. The van der Waals surface area contributed by atoms with Gasteiger partial charge >= 0.3 is 0 Å². The van der Waals surface area contributed by atoms with Crippen LogP contribution in [-0.4, -0.2) is 125 Å². The third kappa shape index (κ3) is 15.2. The van der Waals surface area contributed by atoms with Crippen molar-refractivity contribution >= 4 is 17.7 Å². The molecule has 13 nitrogen and oxygen atoms in total. The molecule has 2 rings (SSSR count). The summed E-state index contributed by atoms with van der Waals surface area (Å²) < 4.78 is 17.4. The zero-order valence-electron chi connectivity index (χ0n) is 27.8. The van der Waals surface area contributed by atoms with Gasteiger partial charge < -0.3 is 50.2 Å². The van der Waals surface area contributed by atoms with E-state index in [4.69, 9.17) is 14.2 Å². The van der Waals surface area contributed by atoms with Crippen molar-refractivity contribution in [2.45, 2.75) is 134 Å². The first-order chi connectivity index (χ1) is 22.1. The van der Waals surface area contributed by atoms with Crippen molar-refractivity contribution in [2.24, 2.45) is 5.92 Å². The Labute approximate surface area is 274 Å². The maximum Gasteiger partial charge on any atom is 0.222 e. The smallest absolute Gasteiger partial charge is 0.222 e. The average Bonchev–Trinajstić information content (AvgIpc) is 3.65. The summed E-state index contributed by atoms with van der Waals surface area (Å²) in [6.45, 7) is 7.32. The number of β-amino-alcohol motifs (C(OH)–C–C–N with tert-alkyl or cyclic N) is 1. The van der Waals surface area contributed by atoms with E-state index in [0.29, 0.717) is 64.1 Å². The summed E-state index contributed by atoms with van der Waals surface area (Å²) in [4.78, 5) is 38.3. The quantitative estimate of drug-likeness (QED) is 0.0500. The van der Waals surface area contributed by atoms with Crippen LogP contribution >= 0.6 is 0 Å². The fraction of sp³-hybridized carbons (Fsp3) is 0.848. The van der Waals surface area contributed by atoms with E-state index >= 15 is 0 Å². The predicted molar refractivity (Wildman–Crippen MR) is 171 cm³/mol. The maximum absolute atomic E-state index is 12.9. The highest BCUT2D eigenvalue weighted by atomic mass is 16.7. The molecule has 3 amide bonds. The molecule has 4 unspecified atom stereocenters. The van der Waals surface area contributed by atoms with E-state index in [9.17, 15) is 34.8 Å². The van der Waals surface area contributed by atoms with Crippen LogP contribution in [0.25, 0.3) is 0 Å². The van der Waals surface area contributed by atoms with Gasteiger partial charge in [0.1, 0.15) is 12.1 Å². The second-order valence-corrected chi connectivity index (χ2v) is 12.7. The molecule has 2 fully saturated rings. The molecule has 0 bridgehead atoms. The Kier molecular flexibility index (Phi) is 19.5.